The molecular formula is C16H31I2N4O2-. The summed E-state index contributed by atoms with van der Waals surface area (Å²) in [5.74, 6) is 0.330. The normalized spacial score (nSPS) is 23.3. The molecule has 4 N–H and O–H groups in total. The van der Waals surface area contributed by atoms with E-state index in [1.165, 1.54) is 0 Å². The van der Waals surface area contributed by atoms with Crippen LogP contribution in [0.3, 0.4) is 0 Å². The summed E-state index contributed by atoms with van der Waals surface area (Å²) in [5.41, 5.74) is 0. The van der Waals surface area contributed by atoms with Crippen LogP contribution in [0.5, 0.6) is 0 Å². The second-order valence-electron chi connectivity index (χ2n) is 6.88. The number of unbranched alkanes of at least 4 members (excludes halogenated alkanes) is 1. The van der Waals surface area contributed by atoms with Crippen molar-refractivity contribution >= 4 is 34.3 Å². The fraction of sp³-hybridized carbons (Fsp3) is 0.875. The first-order valence-electron chi connectivity index (χ1n) is 8.48. The van der Waals surface area contributed by atoms with Crippen LogP contribution in [0.4, 0.5) is 0 Å². The zero-order chi connectivity index (χ0) is 18.2. The second kappa shape index (κ2) is 10.6. The molecule has 0 spiro atoms. The van der Waals surface area contributed by atoms with Gasteiger partial charge in [-0.05, 0) is 13.8 Å². The fourth-order valence-corrected chi connectivity index (χ4v) is 3.83. The Morgan fingerprint density at radius 2 is 1.92 bits per heavy atom. The number of hydrogen-bond acceptors (Lipinski definition) is 5. The molecular weight excluding hydrogens is 534 g/mol. The minimum absolute atomic E-state index is 0.0735. The summed E-state index contributed by atoms with van der Waals surface area (Å²) in [6, 6.07) is 0. The molecule has 0 saturated carbocycles. The van der Waals surface area contributed by atoms with Crippen molar-refractivity contribution < 1.29 is 31.1 Å². The summed E-state index contributed by atoms with van der Waals surface area (Å²) < 4.78 is 5.84. The topological polar surface area (TPSA) is 87.2 Å². The molecule has 0 aromatic heterocycles. The number of carbonyl (C=O) groups is 2. The van der Waals surface area contributed by atoms with Crippen LogP contribution in [0.15, 0.2) is 0 Å². The molecule has 1 fully saturated rings. The molecule has 6 nitrogen and oxygen atoms in total. The van der Waals surface area contributed by atoms with E-state index in [2.05, 4.69) is 45.0 Å². The molecule has 1 heterocycles. The number of alkyl halides is 2. The predicted octanol–water partition coefficient (Wildman–Crippen LogP) is -1.97. The van der Waals surface area contributed by atoms with Crippen LogP contribution >= 0.6 is 22.6 Å². The van der Waals surface area contributed by atoms with Crippen LogP contribution in [0.1, 0.15) is 46.5 Å². The molecule has 0 bridgehead atoms. The van der Waals surface area contributed by atoms with Gasteiger partial charge in [0.1, 0.15) is 5.78 Å². The average molecular weight is 565 g/mol. The molecule has 0 aromatic carbocycles. The monoisotopic (exact) mass is 565 g/mol. The van der Waals surface area contributed by atoms with Gasteiger partial charge in [-0.25, -0.2) is 0 Å². The Bertz CT molecular complexity index is 429. The maximum absolute atomic E-state index is 11.8. The number of carbonyl (C=O) groups excluding carboxylic acids is 2. The van der Waals surface area contributed by atoms with Gasteiger partial charge in [0.2, 0.25) is 0 Å². The third-order valence-electron chi connectivity index (χ3n) is 4.17. The van der Waals surface area contributed by atoms with Gasteiger partial charge in [0.25, 0.3) is 0 Å². The van der Waals surface area contributed by atoms with E-state index in [0.717, 1.165) is 39.0 Å². The molecule has 2 atom stereocenters. The van der Waals surface area contributed by atoms with Crippen molar-refractivity contribution in [3.63, 3.8) is 0 Å². The Morgan fingerprint density at radius 1 is 1.25 bits per heavy atom. The standard InChI is InChI=1S/C16H31I2N4O2/c1-15(2,17)13(23)6-4-5-7-14(24)21-9-8-20-10-11-22-12-16(22,3)18-19/h20H,4-12,19H2,1-3H3,(H,21,24)/q-1. The summed E-state index contributed by atoms with van der Waals surface area (Å²) in [7, 11) is 0. The molecule has 1 amide bonds. The molecule has 0 radical (unpaired) electrons. The van der Waals surface area contributed by atoms with Crippen molar-refractivity contribution in [2.75, 3.05) is 32.7 Å². The van der Waals surface area contributed by atoms with Crippen LogP contribution in [-0.2, 0) is 9.59 Å². The molecule has 8 heteroatoms. The van der Waals surface area contributed by atoms with Crippen molar-refractivity contribution in [1.82, 2.24) is 15.5 Å². The van der Waals surface area contributed by atoms with Crippen molar-refractivity contribution in [3.05, 3.63) is 0 Å². The van der Waals surface area contributed by atoms with Gasteiger partial charge in [-0.15, -0.1) is 0 Å². The number of hydrogen-bond donors (Lipinski definition) is 3. The Hall–Kier alpha value is 0.480. The van der Waals surface area contributed by atoms with E-state index in [4.69, 9.17) is 3.95 Å². The van der Waals surface area contributed by atoms with E-state index in [-0.39, 0.29) is 36.6 Å². The third kappa shape index (κ3) is 8.72. The maximum atomic E-state index is 11.8. The van der Waals surface area contributed by atoms with Crippen LogP contribution in [0.25, 0.3) is 0 Å². The molecule has 0 aliphatic carbocycles. The van der Waals surface area contributed by atoms with E-state index in [1.807, 2.05) is 13.8 Å². The summed E-state index contributed by atoms with van der Waals surface area (Å²) in [6.07, 6.45) is 2.62. The van der Waals surface area contributed by atoms with Gasteiger partial charge in [0, 0.05) is 6.42 Å². The zero-order valence-electron chi connectivity index (χ0n) is 15.0. The van der Waals surface area contributed by atoms with Crippen molar-refractivity contribution in [2.45, 2.75) is 53.4 Å². The van der Waals surface area contributed by atoms with Crippen molar-refractivity contribution in [3.8, 4) is 0 Å². The first kappa shape index (κ1) is 22.5. The fourth-order valence-electron chi connectivity index (χ4n) is 2.31. The van der Waals surface area contributed by atoms with Crippen LogP contribution in [-0.4, -0.2) is 56.3 Å². The number of nitrogens with zero attached hydrogens (tertiary/aromatic N) is 1. The summed E-state index contributed by atoms with van der Waals surface area (Å²) >= 11 is 1.96. The van der Waals surface area contributed by atoms with Gasteiger partial charge in [-0.1, -0.05) is 22.6 Å². The van der Waals surface area contributed by atoms with Gasteiger partial charge >= 0.3 is 114 Å². The van der Waals surface area contributed by atoms with E-state index in [9.17, 15) is 9.59 Å². The summed E-state index contributed by atoms with van der Waals surface area (Å²) in [6.45, 7) is 10.6. The molecule has 24 heavy (non-hydrogen) atoms. The molecule has 0 aromatic rings. The number of Topliss-reactive ketones (excluding diaryl/α,β-unsaturated/α-hetero) is 1. The zero-order valence-corrected chi connectivity index (χ0v) is 19.3. The Labute approximate surface area is 170 Å². The predicted molar refractivity (Wildman–Crippen MR) is 102 cm³/mol. The van der Waals surface area contributed by atoms with Gasteiger partial charge in [-0.2, -0.15) is 0 Å². The Balaban J connectivity index is 1.91. The van der Waals surface area contributed by atoms with Crippen LogP contribution < -0.4 is 36.1 Å². The van der Waals surface area contributed by atoms with Crippen LogP contribution in [0.2, 0.25) is 0 Å². The van der Waals surface area contributed by atoms with Crippen molar-refractivity contribution in [2.24, 2.45) is 3.95 Å². The Morgan fingerprint density at radius 3 is 2.50 bits per heavy atom. The number of halogens is 2. The number of nitrogens with two attached hydrogens (primary N) is 1. The number of amides is 1. The molecule has 1 rings (SSSR count). The van der Waals surface area contributed by atoms with E-state index >= 15 is 0 Å². The van der Waals surface area contributed by atoms with Gasteiger partial charge in [0.15, 0.2) is 0 Å². The van der Waals surface area contributed by atoms with Crippen LogP contribution in [0, 0.1) is 0 Å². The summed E-state index contributed by atoms with van der Waals surface area (Å²) in [5, 5.41) is 6.26. The average Bonchev–Trinajstić information content (AvgIpc) is 3.17. The molecule has 1 aliphatic heterocycles. The molecule has 1 saturated heterocycles. The van der Waals surface area contributed by atoms with Gasteiger partial charge in [0.05, 0.1) is 3.42 Å². The van der Waals surface area contributed by atoms with Gasteiger partial charge < -0.3 is 0 Å². The van der Waals surface area contributed by atoms with E-state index in [1.54, 1.807) is 0 Å². The minimum atomic E-state index is -0.300. The SMILES string of the molecule is CC(C)(I)C(=O)CCCCC(=O)NCCNCCN1CC1(C)[I-]N. The second-order valence-corrected chi connectivity index (χ2v) is 12.5. The number of ketones is 1. The quantitative estimate of drug-likeness (QED) is 0.0603. The number of nitrogens with one attached hydrogen (secondary N) is 2. The van der Waals surface area contributed by atoms with Gasteiger partial charge in [-0.3, -0.25) is 4.79 Å². The van der Waals surface area contributed by atoms with Crippen molar-refractivity contribution in [1.29, 1.82) is 0 Å². The molecule has 1 aliphatic rings. The number of rotatable bonds is 13. The first-order valence-corrected chi connectivity index (χ1v) is 11.9. The first-order chi connectivity index (χ1) is 11.2. The molecule has 142 valence electrons. The third-order valence-corrected chi connectivity index (χ3v) is 7.14. The molecule has 2 unspecified atom stereocenters. The van der Waals surface area contributed by atoms with E-state index < -0.39 is 0 Å². The van der Waals surface area contributed by atoms with E-state index in [0.29, 0.717) is 22.9 Å². The Kier molecular flexibility index (Phi) is 9.93. The summed E-state index contributed by atoms with van der Waals surface area (Å²) in [4.78, 5) is 25.9.